The summed E-state index contributed by atoms with van der Waals surface area (Å²) in [5.74, 6) is 0.987. The van der Waals surface area contributed by atoms with Gasteiger partial charge in [0.1, 0.15) is 0 Å². The van der Waals surface area contributed by atoms with Crippen molar-refractivity contribution in [2.75, 3.05) is 19.8 Å². The van der Waals surface area contributed by atoms with Gasteiger partial charge in [-0.05, 0) is 51.8 Å². The van der Waals surface area contributed by atoms with Gasteiger partial charge in [0.05, 0.1) is 13.2 Å². The maximum Gasteiger partial charge on any atom is 0.258 e. The van der Waals surface area contributed by atoms with Gasteiger partial charge < -0.3 is 25.2 Å². The molecule has 0 saturated carbocycles. The van der Waals surface area contributed by atoms with Gasteiger partial charge in [-0.3, -0.25) is 4.79 Å². The van der Waals surface area contributed by atoms with E-state index < -0.39 is 0 Å². The van der Waals surface area contributed by atoms with Crippen molar-refractivity contribution in [1.82, 2.24) is 10.6 Å². The molecule has 3 N–H and O–H groups in total. The monoisotopic (exact) mass is 352 g/mol. The number of rotatable bonds is 10. The van der Waals surface area contributed by atoms with Crippen molar-refractivity contribution < 1.29 is 19.4 Å². The molecule has 0 aliphatic carbocycles. The van der Waals surface area contributed by atoms with Gasteiger partial charge in [0.25, 0.3) is 5.91 Å². The lowest BCUT2D eigenvalue weighted by molar-refractivity contribution is -0.124. The number of amides is 1. The number of aliphatic hydroxyl groups is 1. The lowest BCUT2D eigenvalue weighted by Gasteiger charge is -2.21. The molecule has 6 heteroatoms. The molecule has 1 aromatic rings. The zero-order chi connectivity index (χ0) is 18.9. The van der Waals surface area contributed by atoms with E-state index in [0.29, 0.717) is 24.7 Å². The van der Waals surface area contributed by atoms with E-state index in [1.807, 2.05) is 52.8 Å². The van der Waals surface area contributed by atoms with Gasteiger partial charge in [-0.2, -0.15) is 0 Å². The second-order valence-electron chi connectivity index (χ2n) is 6.97. The number of carbonyl (C=O) groups is 1. The van der Waals surface area contributed by atoms with E-state index in [4.69, 9.17) is 9.47 Å². The molecule has 0 spiro atoms. The zero-order valence-electron chi connectivity index (χ0n) is 16.0. The van der Waals surface area contributed by atoms with Gasteiger partial charge in [0, 0.05) is 18.1 Å². The molecule has 0 fully saturated rings. The molecule has 0 aromatic heterocycles. The first-order valence-electron chi connectivity index (χ1n) is 8.82. The van der Waals surface area contributed by atoms with Crippen LogP contribution in [-0.2, 0) is 11.3 Å². The summed E-state index contributed by atoms with van der Waals surface area (Å²) >= 11 is 0. The molecule has 0 heterocycles. The molecule has 142 valence electrons. The third-order valence-electron chi connectivity index (χ3n) is 3.49. The predicted molar refractivity (Wildman–Crippen MR) is 99.0 cm³/mol. The third kappa shape index (κ3) is 8.23. The summed E-state index contributed by atoms with van der Waals surface area (Å²) in [6, 6.07) is 5.72. The first-order valence-corrected chi connectivity index (χ1v) is 8.82. The van der Waals surface area contributed by atoms with Crippen molar-refractivity contribution in [1.29, 1.82) is 0 Å². The van der Waals surface area contributed by atoms with Crippen LogP contribution >= 0.6 is 0 Å². The fraction of sp³-hybridized carbons (Fsp3) is 0.632. The molecule has 1 rings (SSSR count). The van der Waals surface area contributed by atoms with E-state index >= 15 is 0 Å². The SMILES string of the molecule is CCOc1cc(CN[C@H](CC)CO)ccc1OCC(=O)NC(C)(C)C. The summed E-state index contributed by atoms with van der Waals surface area (Å²) in [5, 5.41) is 15.4. The maximum absolute atomic E-state index is 11.9. The van der Waals surface area contributed by atoms with Crippen LogP contribution in [0.1, 0.15) is 46.6 Å². The number of hydrogen-bond acceptors (Lipinski definition) is 5. The summed E-state index contributed by atoms with van der Waals surface area (Å²) in [4.78, 5) is 11.9. The Bertz CT molecular complexity index is 537. The van der Waals surface area contributed by atoms with Crippen LogP contribution < -0.4 is 20.1 Å². The van der Waals surface area contributed by atoms with Gasteiger partial charge >= 0.3 is 0 Å². The average molecular weight is 352 g/mol. The Morgan fingerprint density at radius 3 is 2.48 bits per heavy atom. The lowest BCUT2D eigenvalue weighted by Crippen LogP contribution is -2.43. The molecular weight excluding hydrogens is 320 g/mol. The van der Waals surface area contributed by atoms with Crippen LogP contribution in [0.2, 0.25) is 0 Å². The predicted octanol–water partition coefficient (Wildman–Crippen LogP) is 2.24. The minimum absolute atomic E-state index is 0.0582. The highest BCUT2D eigenvalue weighted by molar-refractivity contribution is 5.78. The van der Waals surface area contributed by atoms with Crippen molar-refractivity contribution in [3.8, 4) is 11.5 Å². The van der Waals surface area contributed by atoms with Crippen molar-refractivity contribution in [2.24, 2.45) is 0 Å². The first kappa shape index (κ1) is 21.3. The Balaban J connectivity index is 2.71. The van der Waals surface area contributed by atoms with Crippen molar-refractivity contribution in [3.05, 3.63) is 23.8 Å². The quantitative estimate of drug-likeness (QED) is 0.602. The largest absolute Gasteiger partial charge is 0.490 e. The number of carbonyl (C=O) groups excluding carboxylic acids is 1. The van der Waals surface area contributed by atoms with Crippen LogP contribution in [0.15, 0.2) is 18.2 Å². The molecule has 0 aliphatic rings. The second kappa shape index (κ2) is 10.3. The molecule has 0 radical (unpaired) electrons. The summed E-state index contributed by atoms with van der Waals surface area (Å²) in [6.07, 6.45) is 0.860. The summed E-state index contributed by atoms with van der Waals surface area (Å²) < 4.78 is 11.3. The number of aliphatic hydroxyl groups excluding tert-OH is 1. The molecule has 1 aromatic carbocycles. The van der Waals surface area contributed by atoms with E-state index in [1.165, 1.54) is 0 Å². The third-order valence-corrected chi connectivity index (χ3v) is 3.49. The van der Waals surface area contributed by atoms with Crippen molar-refractivity contribution >= 4 is 5.91 Å². The van der Waals surface area contributed by atoms with E-state index in [9.17, 15) is 9.90 Å². The number of benzene rings is 1. The Morgan fingerprint density at radius 2 is 1.92 bits per heavy atom. The number of ether oxygens (including phenoxy) is 2. The highest BCUT2D eigenvalue weighted by Gasteiger charge is 2.15. The van der Waals surface area contributed by atoms with Crippen LogP contribution in [0.5, 0.6) is 11.5 Å². The summed E-state index contributed by atoms with van der Waals surface area (Å²) in [7, 11) is 0. The molecule has 25 heavy (non-hydrogen) atoms. The van der Waals surface area contributed by atoms with Gasteiger partial charge in [0.2, 0.25) is 0 Å². The van der Waals surface area contributed by atoms with E-state index in [0.717, 1.165) is 12.0 Å². The minimum atomic E-state index is -0.290. The molecule has 0 saturated heterocycles. The van der Waals surface area contributed by atoms with Crippen LogP contribution in [0.3, 0.4) is 0 Å². The van der Waals surface area contributed by atoms with Gasteiger partial charge in [-0.25, -0.2) is 0 Å². The standard InChI is InChI=1S/C19H32N2O4/c1-6-15(12-22)20-11-14-8-9-16(17(10-14)24-7-2)25-13-18(23)21-19(3,4)5/h8-10,15,20,22H,6-7,11-13H2,1-5H3,(H,21,23)/t15-/m1/s1. The molecule has 0 aliphatic heterocycles. The second-order valence-corrected chi connectivity index (χ2v) is 6.97. The maximum atomic E-state index is 11.9. The zero-order valence-corrected chi connectivity index (χ0v) is 16.0. The molecular formula is C19H32N2O4. The first-order chi connectivity index (χ1) is 11.8. The van der Waals surface area contributed by atoms with Crippen LogP contribution in [0.4, 0.5) is 0 Å². The van der Waals surface area contributed by atoms with E-state index in [1.54, 1.807) is 0 Å². The Hall–Kier alpha value is -1.79. The Kier molecular flexibility index (Phi) is 8.72. The fourth-order valence-corrected chi connectivity index (χ4v) is 2.25. The molecule has 0 bridgehead atoms. The molecule has 0 unspecified atom stereocenters. The van der Waals surface area contributed by atoms with Crippen molar-refractivity contribution in [2.45, 2.75) is 59.2 Å². The Labute approximate surface area is 150 Å². The summed E-state index contributed by atoms with van der Waals surface area (Å²) in [6.45, 7) is 10.9. The van der Waals surface area contributed by atoms with Gasteiger partial charge in [-0.1, -0.05) is 13.0 Å². The molecule has 6 nitrogen and oxygen atoms in total. The highest BCUT2D eigenvalue weighted by atomic mass is 16.5. The van der Waals surface area contributed by atoms with Gasteiger partial charge in [-0.15, -0.1) is 0 Å². The smallest absolute Gasteiger partial charge is 0.258 e. The lowest BCUT2D eigenvalue weighted by atomic mass is 10.1. The van der Waals surface area contributed by atoms with E-state index in [-0.39, 0.29) is 30.7 Å². The van der Waals surface area contributed by atoms with Gasteiger partial charge in [0.15, 0.2) is 18.1 Å². The fourth-order valence-electron chi connectivity index (χ4n) is 2.25. The minimum Gasteiger partial charge on any atom is -0.490 e. The van der Waals surface area contributed by atoms with Crippen LogP contribution in [0.25, 0.3) is 0 Å². The van der Waals surface area contributed by atoms with Crippen LogP contribution in [-0.4, -0.2) is 42.4 Å². The topological polar surface area (TPSA) is 79.8 Å². The Morgan fingerprint density at radius 1 is 1.20 bits per heavy atom. The molecule has 1 atom stereocenters. The summed E-state index contributed by atoms with van der Waals surface area (Å²) in [5.41, 5.74) is 0.739. The normalized spacial score (nSPS) is 12.6. The number of hydrogen-bond donors (Lipinski definition) is 3. The highest BCUT2D eigenvalue weighted by Crippen LogP contribution is 2.28. The van der Waals surface area contributed by atoms with Crippen molar-refractivity contribution in [3.63, 3.8) is 0 Å². The van der Waals surface area contributed by atoms with Crippen LogP contribution in [0, 0.1) is 0 Å². The molecule has 1 amide bonds. The average Bonchev–Trinajstić information content (AvgIpc) is 2.53. The number of nitrogens with one attached hydrogen (secondary N) is 2. The van der Waals surface area contributed by atoms with E-state index in [2.05, 4.69) is 10.6 Å².